The molecule has 0 saturated carbocycles. The summed E-state index contributed by atoms with van der Waals surface area (Å²) < 4.78 is 5.06. The average molecular weight is 266 g/mol. The first-order valence-electron chi connectivity index (χ1n) is 6.51. The highest BCUT2D eigenvalue weighted by atomic mass is 16.5. The Morgan fingerprint density at radius 2 is 1.89 bits per heavy atom. The first-order chi connectivity index (χ1) is 9.26. The molecule has 0 aromatic heterocycles. The third-order valence-electron chi connectivity index (χ3n) is 2.73. The summed E-state index contributed by atoms with van der Waals surface area (Å²) in [5.74, 6) is 0.803. The third-order valence-corrected chi connectivity index (χ3v) is 2.73. The molecule has 106 valence electrons. The van der Waals surface area contributed by atoms with E-state index in [4.69, 9.17) is 9.84 Å². The lowest BCUT2D eigenvalue weighted by Gasteiger charge is -2.08. The minimum atomic E-state index is -0.167. The Morgan fingerprint density at radius 1 is 1.16 bits per heavy atom. The van der Waals surface area contributed by atoms with Crippen LogP contribution in [0.4, 0.5) is 4.79 Å². The van der Waals surface area contributed by atoms with Crippen LogP contribution >= 0.6 is 0 Å². The van der Waals surface area contributed by atoms with E-state index in [0.717, 1.165) is 30.6 Å². The first-order valence-corrected chi connectivity index (χ1v) is 6.51. The maximum Gasteiger partial charge on any atom is 0.315 e. The highest BCUT2D eigenvalue weighted by Crippen LogP contribution is 2.10. The zero-order valence-electron chi connectivity index (χ0n) is 11.3. The maximum atomic E-state index is 11.5. The summed E-state index contributed by atoms with van der Waals surface area (Å²) in [7, 11) is 1.62. The van der Waals surface area contributed by atoms with Gasteiger partial charge in [-0.2, -0.15) is 0 Å². The molecule has 1 aromatic rings. The van der Waals surface area contributed by atoms with Crippen molar-refractivity contribution in [3.8, 4) is 5.75 Å². The quantitative estimate of drug-likeness (QED) is 0.627. The van der Waals surface area contributed by atoms with Crippen LogP contribution in [0.25, 0.3) is 0 Å². The molecular formula is C14H22N2O3. The fourth-order valence-corrected chi connectivity index (χ4v) is 1.60. The number of urea groups is 1. The van der Waals surface area contributed by atoms with E-state index in [9.17, 15) is 4.79 Å². The Balaban J connectivity index is 2.15. The zero-order valence-corrected chi connectivity index (χ0v) is 11.3. The van der Waals surface area contributed by atoms with Gasteiger partial charge in [-0.15, -0.1) is 0 Å². The van der Waals surface area contributed by atoms with Crippen molar-refractivity contribution in [3.63, 3.8) is 0 Å². The molecule has 0 atom stereocenters. The van der Waals surface area contributed by atoms with Crippen molar-refractivity contribution in [2.45, 2.75) is 25.8 Å². The molecule has 0 heterocycles. The fraction of sp³-hybridized carbons (Fsp3) is 0.500. The number of rotatable bonds is 8. The lowest BCUT2D eigenvalue weighted by Crippen LogP contribution is -2.35. The monoisotopic (exact) mass is 266 g/mol. The minimum absolute atomic E-state index is 0.167. The van der Waals surface area contributed by atoms with Crippen molar-refractivity contribution < 1.29 is 14.6 Å². The maximum absolute atomic E-state index is 11.5. The molecule has 0 saturated heterocycles. The molecule has 1 aromatic carbocycles. The summed E-state index contributed by atoms with van der Waals surface area (Å²) in [4.78, 5) is 11.5. The van der Waals surface area contributed by atoms with Crippen LogP contribution in [0.15, 0.2) is 24.3 Å². The van der Waals surface area contributed by atoms with Crippen LogP contribution in [0.3, 0.4) is 0 Å². The highest BCUT2D eigenvalue weighted by molar-refractivity contribution is 5.73. The van der Waals surface area contributed by atoms with E-state index >= 15 is 0 Å². The van der Waals surface area contributed by atoms with Gasteiger partial charge in [0.1, 0.15) is 5.75 Å². The normalized spacial score (nSPS) is 10.0. The molecule has 0 aliphatic heterocycles. The number of aliphatic hydroxyl groups excluding tert-OH is 1. The first kappa shape index (κ1) is 15.3. The second kappa shape index (κ2) is 9.22. The molecule has 19 heavy (non-hydrogen) atoms. The molecule has 0 unspecified atom stereocenters. The number of benzene rings is 1. The number of ether oxygens (including phenoxy) is 1. The van der Waals surface area contributed by atoms with Crippen LogP contribution in [-0.4, -0.2) is 31.4 Å². The number of unbranched alkanes of at least 4 members (excludes halogenated alkanes) is 2. The molecule has 5 nitrogen and oxygen atoms in total. The molecular weight excluding hydrogens is 244 g/mol. The van der Waals surface area contributed by atoms with E-state index in [1.807, 2.05) is 24.3 Å². The Bertz CT molecular complexity index is 365. The van der Waals surface area contributed by atoms with E-state index in [1.54, 1.807) is 7.11 Å². The molecule has 1 rings (SSSR count). The fourth-order valence-electron chi connectivity index (χ4n) is 1.60. The number of carbonyl (C=O) groups excluding carboxylic acids is 1. The molecule has 0 aliphatic rings. The average Bonchev–Trinajstić information content (AvgIpc) is 2.45. The van der Waals surface area contributed by atoms with Crippen LogP contribution < -0.4 is 15.4 Å². The van der Waals surface area contributed by atoms with Gasteiger partial charge in [0.05, 0.1) is 7.11 Å². The Morgan fingerprint density at radius 3 is 2.53 bits per heavy atom. The summed E-state index contributed by atoms with van der Waals surface area (Å²) >= 11 is 0. The number of methoxy groups -OCH3 is 1. The van der Waals surface area contributed by atoms with Gasteiger partial charge in [-0.1, -0.05) is 12.1 Å². The molecule has 0 spiro atoms. The number of amides is 2. The summed E-state index contributed by atoms with van der Waals surface area (Å²) in [6.45, 7) is 1.34. The molecule has 0 aliphatic carbocycles. The highest BCUT2D eigenvalue weighted by Gasteiger charge is 2.00. The van der Waals surface area contributed by atoms with Crippen molar-refractivity contribution >= 4 is 6.03 Å². The molecule has 5 heteroatoms. The topological polar surface area (TPSA) is 70.6 Å². The van der Waals surface area contributed by atoms with Crippen molar-refractivity contribution in [1.82, 2.24) is 10.6 Å². The standard InChI is InChI=1S/C14H22N2O3/c1-19-13-7-5-12(6-8-13)11-16-14(18)15-9-3-2-4-10-17/h5-8,17H,2-4,9-11H2,1H3,(H2,15,16,18). The number of hydrogen-bond acceptors (Lipinski definition) is 3. The summed E-state index contributed by atoms with van der Waals surface area (Å²) in [5.41, 5.74) is 1.02. The van der Waals surface area contributed by atoms with Crippen LogP contribution in [0, 0.1) is 0 Å². The Labute approximate surface area is 114 Å². The third kappa shape index (κ3) is 6.67. The minimum Gasteiger partial charge on any atom is -0.497 e. The second-order valence-corrected chi connectivity index (χ2v) is 4.24. The van der Waals surface area contributed by atoms with Gasteiger partial charge in [-0.05, 0) is 37.0 Å². The van der Waals surface area contributed by atoms with Gasteiger partial charge in [-0.25, -0.2) is 4.79 Å². The number of carbonyl (C=O) groups is 1. The number of aliphatic hydroxyl groups is 1. The van der Waals surface area contributed by atoms with Crippen molar-refractivity contribution in [2.75, 3.05) is 20.3 Å². The second-order valence-electron chi connectivity index (χ2n) is 4.24. The Kier molecular flexibility index (Phi) is 7.43. The van der Waals surface area contributed by atoms with Gasteiger partial charge < -0.3 is 20.5 Å². The van der Waals surface area contributed by atoms with Gasteiger partial charge in [0, 0.05) is 19.7 Å². The molecule has 2 amide bonds. The summed E-state index contributed by atoms with van der Waals surface area (Å²) in [6, 6.07) is 7.40. The smallest absolute Gasteiger partial charge is 0.315 e. The number of nitrogens with one attached hydrogen (secondary N) is 2. The Hall–Kier alpha value is -1.75. The van der Waals surface area contributed by atoms with Gasteiger partial charge >= 0.3 is 6.03 Å². The van der Waals surface area contributed by atoms with Gasteiger partial charge in [0.2, 0.25) is 0 Å². The van der Waals surface area contributed by atoms with Crippen molar-refractivity contribution in [2.24, 2.45) is 0 Å². The van der Waals surface area contributed by atoms with E-state index in [0.29, 0.717) is 13.1 Å². The van der Waals surface area contributed by atoms with E-state index < -0.39 is 0 Å². The van der Waals surface area contributed by atoms with Gasteiger partial charge in [0.25, 0.3) is 0 Å². The van der Waals surface area contributed by atoms with Crippen molar-refractivity contribution in [1.29, 1.82) is 0 Å². The zero-order chi connectivity index (χ0) is 13.9. The molecule has 3 N–H and O–H groups in total. The number of hydrogen-bond donors (Lipinski definition) is 3. The predicted octanol–water partition coefficient (Wildman–Crippen LogP) is 1.66. The lowest BCUT2D eigenvalue weighted by molar-refractivity contribution is 0.240. The largest absolute Gasteiger partial charge is 0.497 e. The van der Waals surface area contributed by atoms with Crippen LogP contribution in [0.5, 0.6) is 5.75 Å². The van der Waals surface area contributed by atoms with E-state index in [-0.39, 0.29) is 12.6 Å². The SMILES string of the molecule is COc1ccc(CNC(=O)NCCCCCO)cc1. The van der Waals surface area contributed by atoms with Crippen LogP contribution in [0.1, 0.15) is 24.8 Å². The van der Waals surface area contributed by atoms with E-state index in [1.165, 1.54) is 0 Å². The lowest BCUT2D eigenvalue weighted by atomic mass is 10.2. The van der Waals surface area contributed by atoms with E-state index in [2.05, 4.69) is 10.6 Å². The van der Waals surface area contributed by atoms with Gasteiger partial charge in [0.15, 0.2) is 0 Å². The summed E-state index contributed by atoms with van der Waals surface area (Å²) in [5, 5.41) is 14.2. The molecule has 0 fully saturated rings. The molecule has 0 radical (unpaired) electrons. The van der Waals surface area contributed by atoms with Crippen LogP contribution in [-0.2, 0) is 6.54 Å². The van der Waals surface area contributed by atoms with Crippen molar-refractivity contribution in [3.05, 3.63) is 29.8 Å². The molecule has 0 bridgehead atoms. The summed E-state index contributed by atoms with van der Waals surface area (Å²) in [6.07, 6.45) is 2.60. The van der Waals surface area contributed by atoms with Gasteiger partial charge in [-0.3, -0.25) is 0 Å². The van der Waals surface area contributed by atoms with Crippen LogP contribution in [0.2, 0.25) is 0 Å². The predicted molar refractivity (Wildman–Crippen MR) is 74.2 cm³/mol.